The Bertz CT molecular complexity index is 593. The van der Waals surface area contributed by atoms with Crippen molar-refractivity contribution in [2.24, 2.45) is 5.92 Å². The van der Waals surface area contributed by atoms with Crippen molar-refractivity contribution in [3.05, 3.63) is 35.9 Å². The smallest absolute Gasteiger partial charge is 0.129 e. The second-order valence-corrected chi connectivity index (χ2v) is 5.70. The first-order chi connectivity index (χ1) is 9.81. The highest BCUT2D eigenvalue weighted by molar-refractivity contribution is 5.84. The van der Waals surface area contributed by atoms with Crippen LogP contribution in [0.15, 0.2) is 30.3 Å². The van der Waals surface area contributed by atoms with Crippen molar-refractivity contribution in [2.45, 2.75) is 32.8 Å². The molecule has 1 heterocycles. The van der Waals surface area contributed by atoms with Gasteiger partial charge >= 0.3 is 0 Å². The number of hydrogen-bond donors (Lipinski definition) is 1. The van der Waals surface area contributed by atoms with Crippen molar-refractivity contribution in [1.29, 1.82) is 0 Å². The maximum Gasteiger partial charge on any atom is 0.129 e. The van der Waals surface area contributed by atoms with E-state index in [1.165, 1.54) is 12.8 Å². The normalized spacial score (nSPS) is 14.7. The number of anilines is 1. The van der Waals surface area contributed by atoms with Gasteiger partial charge in [-0.15, -0.1) is 0 Å². The van der Waals surface area contributed by atoms with Crippen LogP contribution in [0.25, 0.3) is 10.9 Å². The highest BCUT2D eigenvalue weighted by Crippen LogP contribution is 2.32. The predicted octanol–water partition coefficient (Wildman–Crippen LogP) is 3.35. The van der Waals surface area contributed by atoms with Crippen LogP contribution in [0.1, 0.15) is 31.7 Å². The number of nitrogens with zero attached hydrogens (tertiary/aromatic N) is 2. The molecule has 0 amide bonds. The fourth-order valence-corrected chi connectivity index (χ4v) is 2.71. The number of pyridine rings is 1. The number of aromatic nitrogens is 1. The van der Waals surface area contributed by atoms with Crippen LogP contribution in [0.4, 0.5) is 5.82 Å². The molecule has 1 N–H and O–H groups in total. The predicted molar refractivity (Wildman–Crippen MR) is 82.9 cm³/mol. The van der Waals surface area contributed by atoms with Gasteiger partial charge in [-0.3, -0.25) is 0 Å². The quantitative estimate of drug-likeness (QED) is 0.874. The first-order valence-corrected chi connectivity index (χ1v) is 7.56. The summed E-state index contributed by atoms with van der Waals surface area (Å²) in [6.07, 6.45) is 3.82. The molecule has 0 radical (unpaired) electrons. The van der Waals surface area contributed by atoms with Crippen LogP contribution in [0, 0.1) is 5.92 Å². The summed E-state index contributed by atoms with van der Waals surface area (Å²) in [5, 5.41) is 10.7. The van der Waals surface area contributed by atoms with E-state index in [4.69, 9.17) is 4.98 Å². The standard InChI is InChI=1S/C17H22N2O/c1-2-9-19(11-13-7-8-13)17-10-14(12-20)15-5-3-4-6-16(15)18-17/h3-6,10,13,20H,2,7-9,11-12H2,1H3. The van der Waals surface area contributed by atoms with Gasteiger partial charge in [0.2, 0.25) is 0 Å². The van der Waals surface area contributed by atoms with Gasteiger partial charge in [-0.1, -0.05) is 25.1 Å². The first-order valence-electron chi connectivity index (χ1n) is 7.56. The Hall–Kier alpha value is -1.61. The number of fused-ring (bicyclic) bond motifs is 1. The molecule has 0 spiro atoms. The zero-order valence-corrected chi connectivity index (χ0v) is 12.0. The summed E-state index contributed by atoms with van der Waals surface area (Å²) in [5.74, 6) is 1.86. The SMILES string of the molecule is CCCN(CC1CC1)c1cc(CO)c2ccccc2n1. The number of aliphatic hydroxyl groups is 1. The van der Waals surface area contributed by atoms with Crippen molar-refractivity contribution in [3.8, 4) is 0 Å². The lowest BCUT2D eigenvalue weighted by molar-refractivity contribution is 0.283. The van der Waals surface area contributed by atoms with Gasteiger partial charge in [0.05, 0.1) is 12.1 Å². The molecule has 0 bridgehead atoms. The van der Waals surface area contributed by atoms with Crippen molar-refractivity contribution in [2.75, 3.05) is 18.0 Å². The third-order valence-corrected chi connectivity index (χ3v) is 3.95. The number of rotatable bonds is 6. The lowest BCUT2D eigenvalue weighted by Crippen LogP contribution is -2.27. The third kappa shape index (κ3) is 2.78. The fourth-order valence-electron chi connectivity index (χ4n) is 2.71. The monoisotopic (exact) mass is 270 g/mol. The molecule has 3 rings (SSSR count). The summed E-state index contributed by atoms with van der Waals surface area (Å²) >= 11 is 0. The summed E-state index contributed by atoms with van der Waals surface area (Å²) < 4.78 is 0. The number of benzene rings is 1. The second-order valence-electron chi connectivity index (χ2n) is 5.70. The lowest BCUT2D eigenvalue weighted by Gasteiger charge is -2.24. The van der Waals surface area contributed by atoms with Gasteiger partial charge in [-0.2, -0.15) is 0 Å². The summed E-state index contributed by atoms with van der Waals surface area (Å²) in [6, 6.07) is 10.1. The van der Waals surface area contributed by atoms with Crippen LogP contribution in [-0.4, -0.2) is 23.2 Å². The molecule has 1 aromatic carbocycles. The zero-order chi connectivity index (χ0) is 13.9. The van der Waals surface area contributed by atoms with Gasteiger partial charge in [0, 0.05) is 18.5 Å². The van der Waals surface area contributed by atoms with Crippen LogP contribution in [-0.2, 0) is 6.61 Å². The van der Waals surface area contributed by atoms with Gasteiger partial charge in [-0.25, -0.2) is 4.98 Å². The van der Waals surface area contributed by atoms with E-state index >= 15 is 0 Å². The van der Waals surface area contributed by atoms with Gasteiger partial charge in [0.25, 0.3) is 0 Å². The topological polar surface area (TPSA) is 36.4 Å². The molecule has 20 heavy (non-hydrogen) atoms. The van der Waals surface area contributed by atoms with Gasteiger partial charge < -0.3 is 10.0 Å². The molecule has 0 unspecified atom stereocenters. The van der Waals surface area contributed by atoms with Gasteiger partial charge in [-0.05, 0) is 42.9 Å². The fraction of sp³-hybridized carbons (Fsp3) is 0.471. The zero-order valence-electron chi connectivity index (χ0n) is 12.0. The van der Waals surface area contributed by atoms with Crippen molar-refractivity contribution in [3.63, 3.8) is 0 Å². The van der Waals surface area contributed by atoms with Crippen LogP contribution in [0.5, 0.6) is 0 Å². The average Bonchev–Trinajstić information content (AvgIpc) is 3.29. The summed E-state index contributed by atoms with van der Waals surface area (Å²) in [7, 11) is 0. The first kappa shape index (κ1) is 13.4. The lowest BCUT2D eigenvalue weighted by atomic mass is 10.1. The Labute approximate surface area is 120 Å². The van der Waals surface area contributed by atoms with Crippen molar-refractivity contribution in [1.82, 2.24) is 4.98 Å². The Balaban J connectivity index is 1.99. The molecule has 3 heteroatoms. The van der Waals surface area contributed by atoms with E-state index < -0.39 is 0 Å². The maximum atomic E-state index is 9.62. The van der Waals surface area contributed by atoms with Gasteiger partial charge in [0.15, 0.2) is 0 Å². The number of aliphatic hydroxyl groups excluding tert-OH is 1. The number of hydrogen-bond acceptors (Lipinski definition) is 3. The van der Waals surface area contributed by atoms with E-state index in [1.807, 2.05) is 24.3 Å². The molecule has 0 saturated heterocycles. The van der Waals surface area contributed by atoms with E-state index in [0.29, 0.717) is 0 Å². The minimum absolute atomic E-state index is 0.0689. The third-order valence-electron chi connectivity index (χ3n) is 3.95. The minimum Gasteiger partial charge on any atom is -0.392 e. The van der Waals surface area contributed by atoms with Crippen LogP contribution >= 0.6 is 0 Å². The van der Waals surface area contributed by atoms with E-state index in [1.54, 1.807) is 0 Å². The van der Waals surface area contributed by atoms with E-state index in [9.17, 15) is 5.11 Å². The Morgan fingerprint density at radius 2 is 2.10 bits per heavy atom. The second kappa shape index (κ2) is 5.80. The largest absolute Gasteiger partial charge is 0.392 e. The van der Waals surface area contributed by atoms with Crippen molar-refractivity contribution < 1.29 is 5.11 Å². The Morgan fingerprint density at radius 3 is 2.80 bits per heavy atom. The molecule has 0 atom stereocenters. The summed E-state index contributed by atoms with van der Waals surface area (Å²) in [4.78, 5) is 7.18. The molecule has 1 fully saturated rings. The molecular formula is C17H22N2O. The molecule has 1 aliphatic rings. The van der Waals surface area contributed by atoms with Crippen LogP contribution in [0.2, 0.25) is 0 Å². The minimum atomic E-state index is 0.0689. The molecule has 2 aromatic rings. The summed E-state index contributed by atoms with van der Waals surface area (Å²) in [6.45, 7) is 4.41. The number of para-hydroxylation sites is 1. The Kier molecular flexibility index (Phi) is 3.88. The summed E-state index contributed by atoms with van der Waals surface area (Å²) in [5.41, 5.74) is 1.95. The van der Waals surface area contributed by atoms with Crippen LogP contribution in [0.3, 0.4) is 0 Å². The molecular weight excluding hydrogens is 248 g/mol. The molecule has 1 saturated carbocycles. The van der Waals surface area contributed by atoms with E-state index in [2.05, 4.69) is 17.9 Å². The Morgan fingerprint density at radius 1 is 1.30 bits per heavy atom. The molecule has 1 aliphatic carbocycles. The molecule has 106 valence electrons. The van der Waals surface area contributed by atoms with Gasteiger partial charge in [0.1, 0.15) is 5.82 Å². The van der Waals surface area contributed by atoms with E-state index in [0.717, 1.165) is 47.7 Å². The molecule has 1 aromatic heterocycles. The molecule has 3 nitrogen and oxygen atoms in total. The average molecular weight is 270 g/mol. The highest BCUT2D eigenvalue weighted by Gasteiger charge is 2.25. The molecule has 0 aliphatic heterocycles. The van der Waals surface area contributed by atoms with E-state index in [-0.39, 0.29) is 6.61 Å². The van der Waals surface area contributed by atoms with Crippen molar-refractivity contribution >= 4 is 16.7 Å². The highest BCUT2D eigenvalue weighted by atomic mass is 16.3. The van der Waals surface area contributed by atoms with Crippen LogP contribution < -0.4 is 4.90 Å². The maximum absolute atomic E-state index is 9.62.